The molecule has 0 amide bonds. The number of benzene rings is 1. The predicted molar refractivity (Wildman–Crippen MR) is 81.6 cm³/mol. The number of esters is 1. The second-order valence-corrected chi connectivity index (χ2v) is 5.41. The average Bonchev–Trinajstić information content (AvgIpc) is 2.90. The Kier molecular flexibility index (Phi) is 5.59. The Morgan fingerprint density at radius 2 is 2.29 bits per heavy atom. The lowest BCUT2D eigenvalue weighted by Gasteiger charge is -2.19. The van der Waals surface area contributed by atoms with Crippen molar-refractivity contribution >= 4 is 5.97 Å². The van der Waals surface area contributed by atoms with Crippen molar-refractivity contribution in [3.8, 4) is 5.75 Å². The first-order valence-corrected chi connectivity index (χ1v) is 7.42. The number of carbonyl (C=O) groups is 1. The molecule has 1 aromatic rings. The summed E-state index contributed by atoms with van der Waals surface area (Å²) >= 11 is 0. The Labute approximate surface area is 126 Å². The summed E-state index contributed by atoms with van der Waals surface area (Å²) in [7, 11) is 4.02. The van der Waals surface area contributed by atoms with Crippen molar-refractivity contribution in [1.29, 1.82) is 0 Å². The topological polar surface area (TPSA) is 50.8 Å². The van der Waals surface area contributed by atoms with E-state index >= 15 is 0 Å². The van der Waals surface area contributed by atoms with Gasteiger partial charge >= 0.3 is 5.97 Å². The first-order chi connectivity index (χ1) is 10.1. The number of carbonyl (C=O) groups excluding carboxylic acids is 1. The molecule has 0 aliphatic carbocycles. The summed E-state index contributed by atoms with van der Waals surface area (Å²) in [5, 5.41) is 3.29. The van der Waals surface area contributed by atoms with Gasteiger partial charge in [-0.25, -0.2) is 4.79 Å². The van der Waals surface area contributed by atoms with E-state index in [1.807, 2.05) is 39.2 Å². The van der Waals surface area contributed by atoms with Crippen LogP contribution in [0.15, 0.2) is 18.2 Å². The van der Waals surface area contributed by atoms with Gasteiger partial charge in [-0.1, -0.05) is 6.07 Å². The number of nitrogens with zero attached hydrogens (tertiary/aromatic N) is 1. The van der Waals surface area contributed by atoms with Gasteiger partial charge in [0, 0.05) is 19.5 Å². The minimum atomic E-state index is -0.421. The van der Waals surface area contributed by atoms with E-state index in [1.165, 1.54) is 0 Å². The van der Waals surface area contributed by atoms with Gasteiger partial charge in [-0.2, -0.15) is 0 Å². The first kappa shape index (κ1) is 15.8. The lowest BCUT2D eigenvalue weighted by atomic mass is 10.0. The highest BCUT2D eigenvalue weighted by Gasteiger charge is 2.23. The van der Waals surface area contributed by atoms with Crippen LogP contribution in [0.25, 0.3) is 0 Å². The summed E-state index contributed by atoms with van der Waals surface area (Å²) in [5.41, 5.74) is 2.10. The third-order valence-electron chi connectivity index (χ3n) is 3.48. The number of nitrogens with one attached hydrogen (secondary N) is 1. The molecule has 1 aliphatic rings. The smallest absolute Gasteiger partial charge is 0.327 e. The Hall–Kier alpha value is -1.59. The SMILES string of the molecule is CCOC(=O)C(NCCN(C)C)c1ccc2c(c1)CCO2. The molecule has 0 fully saturated rings. The molecule has 1 N–H and O–H groups in total. The van der Waals surface area contributed by atoms with Gasteiger partial charge in [0.2, 0.25) is 0 Å². The second-order valence-electron chi connectivity index (χ2n) is 5.41. The number of rotatable bonds is 7. The number of hydrogen-bond donors (Lipinski definition) is 1. The van der Waals surface area contributed by atoms with Crippen LogP contribution in [0, 0.1) is 0 Å². The maximum Gasteiger partial charge on any atom is 0.327 e. The summed E-state index contributed by atoms with van der Waals surface area (Å²) < 4.78 is 10.7. The zero-order valence-electron chi connectivity index (χ0n) is 13.0. The van der Waals surface area contributed by atoms with E-state index < -0.39 is 6.04 Å². The number of hydrogen-bond acceptors (Lipinski definition) is 5. The van der Waals surface area contributed by atoms with Crippen LogP contribution in [0.4, 0.5) is 0 Å². The summed E-state index contributed by atoms with van der Waals surface area (Å²) in [5.74, 6) is 0.699. The van der Waals surface area contributed by atoms with Gasteiger partial charge in [-0.15, -0.1) is 0 Å². The molecule has 0 spiro atoms. The van der Waals surface area contributed by atoms with Gasteiger partial charge in [-0.3, -0.25) is 5.32 Å². The first-order valence-electron chi connectivity index (χ1n) is 7.42. The van der Waals surface area contributed by atoms with Crippen molar-refractivity contribution in [3.63, 3.8) is 0 Å². The molecular weight excluding hydrogens is 268 g/mol. The summed E-state index contributed by atoms with van der Waals surface area (Å²) in [4.78, 5) is 14.3. The molecule has 0 bridgehead atoms. The Morgan fingerprint density at radius 1 is 1.48 bits per heavy atom. The molecular formula is C16H24N2O3. The molecule has 0 aromatic heterocycles. The standard InChI is InChI=1S/C16H24N2O3/c1-4-20-16(19)15(17-8-9-18(2)3)13-5-6-14-12(11-13)7-10-21-14/h5-6,11,15,17H,4,7-10H2,1-3H3. The fraction of sp³-hybridized carbons (Fsp3) is 0.562. The van der Waals surface area contributed by atoms with Crippen LogP contribution in [-0.4, -0.2) is 51.3 Å². The normalized spacial score (nSPS) is 14.7. The average molecular weight is 292 g/mol. The molecule has 1 aliphatic heterocycles. The third kappa shape index (κ3) is 4.19. The van der Waals surface area contributed by atoms with Gasteiger partial charge < -0.3 is 14.4 Å². The van der Waals surface area contributed by atoms with E-state index in [2.05, 4.69) is 10.2 Å². The largest absolute Gasteiger partial charge is 0.493 e. The Balaban J connectivity index is 2.11. The van der Waals surface area contributed by atoms with Crippen LogP contribution in [0.2, 0.25) is 0 Å². The van der Waals surface area contributed by atoms with Crippen LogP contribution in [0.5, 0.6) is 5.75 Å². The zero-order chi connectivity index (χ0) is 15.2. The van der Waals surface area contributed by atoms with E-state index in [1.54, 1.807) is 0 Å². The van der Waals surface area contributed by atoms with Crippen molar-refractivity contribution in [2.75, 3.05) is 40.4 Å². The fourth-order valence-electron chi connectivity index (χ4n) is 2.38. The van der Waals surface area contributed by atoms with Gasteiger partial charge in [0.15, 0.2) is 0 Å². The molecule has 116 valence electrons. The van der Waals surface area contributed by atoms with Gasteiger partial charge in [-0.05, 0) is 44.3 Å². The number of fused-ring (bicyclic) bond motifs is 1. The molecule has 0 saturated heterocycles. The summed E-state index contributed by atoms with van der Waals surface area (Å²) in [6, 6.07) is 5.51. The fourth-order valence-corrected chi connectivity index (χ4v) is 2.38. The van der Waals surface area contributed by atoms with Crippen molar-refractivity contribution < 1.29 is 14.3 Å². The van der Waals surface area contributed by atoms with E-state index in [9.17, 15) is 4.79 Å². The van der Waals surface area contributed by atoms with E-state index in [4.69, 9.17) is 9.47 Å². The molecule has 1 heterocycles. The molecule has 1 unspecified atom stereocenters. The highest BCUT2D eigenvalue weighted by molar-refractivity contribution is 5.78. The molecule has 5 nitrogen and oxygen atoms in total. The Bertz CT molecular complexity index is 488. The van der Waals surface area contributed by atoms with Gasteiger partial charge in [0.05, 0.1) is 13.2 Å². The molecule has 0 radical (unpaired) electrons. The minimum Gasteiger partial charge on any atom is -0.493 e. The number of ether oxygens (including phenoxy) is 2. The molecule has 1 aromatic carbocycles. The quantitative estimate of drug-likeness (QED) is 0.769. The molecule has 2 rings (SSSR count). The lowest BCUT2D eigenvalue weighted by Crippen LogP contribution is -2.35. The van der Waals surface area contributed by atoms with Crippen molar-refractivity contribution in [2.45, 2.75) is 19.4 Å². The molecule has 5 heteroatoms. The summed E-state index contributed by atoms with van der Waals surface area (Å²) in [6.45, 7) is 4.52. The highest BCUT2D eigenvalue weighted by atomic mass is 16.5. The highest BCUT2D eigenvalue weighted by Crippen LogP contribution is 2.28. The van der Waals surface area contributed by atoms with Gasteiger partial charge in [0.25, 0.3) is 0 Å². The third-order valence-corrected chi connectivity index (χ3v) is 3.48. The van der Waals surface area contributed by atoms with Crippen LogP contribution in [0.3, 0.4) is 0 Å². The van der Waals surface area contributed by atoms with Crippen LogP contribution in [-0.2, 0) is 16.0 Å². The van der Waals surface area contributed by atoms with Crippen molar-refractivity contribution in [3.05, 3.63) is 29.3 Å². The zero-order valence-corrected chi connectivity index (χ0v) is 13.0. The predicted octanol–water partition coefficient (Wildman–Crippen LogP) is 1.38. The van der Waals surface area contributed by atoms with Gasteiger partial charge in [0.1, 0.15) is 11.8 Å². The van der Waals surface area contributed by atoms with Crippen molar-refractivity contribution in [1.82, 2.24) is 10.2 Å². The lowest BCUT2D eigenvalue weighted by molar-refractivity contribution is -0.145. The van der Waals surface area contributed by atoms with Crippen LogP contribution in [0.1, 0.15) is 24.1 Å². The second kappa shape index (κ2) is 7.43. The molecule has 21 heavy (non-hydrogen) atoms. The van der Waals surface area contributed by atoms with E-state index in [0.29, 0.717) is 6.61 Å². The monoisotopic (exact) mass is 292 g/mol. The van der Waals surface area contributed by atoms with Crippen molar-refractivity contribution in [2.24, 2.45) is 0 Å². The maximum atomic E-state index is 12.2. The van der Waals surface area contributed by atoms with E-state index in [0.717, 1.165) is 43.0 Å². The summed E-state index contributed by atoms with van der Waals surface area (Å²) in [6.07, 6.45) is 0.899. The number of likely N-dealkylation sites (N-methyl/N-ethyl adjacent to an activating group) is 1. The van der Waals surface area contributed by atoms with E-state index in [-0.39, 0.29) is 5.97 Å². The minimum absolute atomic E-state index is 0.227. The Morgan fingerprint density at radius 3 is 3.00 bits per heavy atom. The maximum absolute atomic E-state index is 12.2. The molecule has 0 saturated carbocycles. The molecule has 1 atom stereocenters. The van der Waals surface area contributed by atoms with Crippen LogP contribution < -0.4 is 10.1 Å². The van der Waals surface area contributed by atoms with Crippen LogP contribution >= 0.6 is 0 Å².